The molecule has 108 valence electrons. The first kappa shape index (κ1) is 15.3. The third-order valence-electron chi connectivity index (χ3n) is 2.69. The number of carbonyl (C=O) groups excluding carboxylic acids is 1. The molecule has 0 saturated heterocycles. The van der Waals surface area contributed by atoms with E-state index in [0.717, 1.165) is 4.90 Å². The van der Waals surface area contributed by atoms with Crippen LogP contribution >= 0.6 is 23.4 Å². The number of anilines is 1. The molecule has 1 aromatic carbocycles. The van der Waals surface area contributed by atoms with Crippen molar-refractivity contribution in [1.29, 1.82) is 0 Å². The summed E-state index contributed by atoms with van der Waals surface area (Å²) in [5.41, 5.74) is 0.188. The summed E-state index contributed by atoms with van der Waals surface area (Å²) in [6.07, 6.45) is 3.29. The highest BCUT2D eigenvalue weighted by Crippen LogP contribution is 2.24. The normalized spacial score (nSPS) is 10.2. The average molecular weight is 323 g/mol. The number of aromatic carboxylic acids is 1. The van der Waals surface area contributed by atoms with Gasteiger partial charge in [0, 0.05) is 11.1 Å². The van der Waals surface area contributed by atoms with Gasteiger partial charge in [-0.1, -0.05) is 11.6 Å². The van der Waals surface area contributed by atoms with Crippen LogP contribution in [0.2, 0.25) is 5.02 Å². The smallest absolute Gasteiger partial charge is 0.339 e. The zero-order valence-corrected chi connectivity index (χ0v) is 12.5. The molecule has 1 aromatic heterocycles. The maximum atomic E-state index is 12.2. The van der Waals surface area contributed by atoms with E-state index >= 15 is 0 Å². The van der Waals surface area contributed by atoms with E-state index in [2.05, 4.69) is 10.3 Å². The van der Waals surface area contributed by atoms with Crippen molar-refractivity contribution in [3.05, 3.63) is 52.7 Å². The topological polar surface area (TPSA) is 79.3 Å². The van der Waals surface area contributed by atoms with Crippen molar-refractivity contribution in [2.24, 2.45) is 0 Å². The number of aromatic nitrogens is 1. The van der Waals surface area contributed by atoms with E-state index in [1.54, 1.807) is 18.2 Å². The quantitative estimate of drug-likeness (QED) is 0.843. The van der Waals surface area contributed by atoms with E-state index in [0.29, 0.717) is 0 Å². The van der Waals surface area contributed by atoms with Crippen molar-refractivity contribution in [2.45, 2.75) is 4.90 Å². The van der Waals surface area contributed by atoms with Crippen LogP contribution in [-0.4, -0.2) is 28.2 Å². The summed E-state index contributed by atoms with van der Waals surface area (Å²) in [6.45, 7) is 0. The van der Waals surface area contributed by atoms with Gasteiger partial charge in [0.15, 0.2) is 0 Å². The summed E-state index contributed by atoms with van der Waals surface area (Å²) in [6, 6.07) is 7.92. The number of nitrogens with zero attached hydrogens (tertiary/aromatic N) is 1. The van der Waals surface area contributed by atoms with Crippen LogP contribution in [0, 0.1) is 0 Å². The van der Waals surface area contributed by atoms with Crippen LogP contribution in [0.25, 0.3) is 0 Å². The summed E-state index contributed by atoms with van der Waals surface area (Å²) < 4.78 is 0. The lowest BCUT2D eigenvalue weighted by Gasteiger charge is -2.09. The first-order valence-corrected chi connectivity index (χ1v) is 7.46. The highest BCUT2D eigenvalue weighted by Gasteiger charge is 2.16. The number of nitrogens with one attached hydrogen (secondary N) is 1. The summed E-state index contributed by atoms with van der Waals surface area (Å²) in [5.74, 6) is -1.68. The van der Waals surface area contributed by atoms with Crippen LogP contribution < -0.4 is 5.32 Å². The van der Waals surface area contributed by atoms with Crippen molar-refractivity contribution >= 4 is 41.1 Å². The molecule has 2 aromatic rings. The third-order valence-corrected chi connectivity index (χ3v) is 3.74. The molecule has 2 N–H and O–H groups in total. The molecule has 0 radical (unpaired) electrons. The summed E-state index contributed by atoms with van der Waals surface area (Å²) in [7, 11) is 0. The van der Waals surface area contributed by atoms with Gasteiger partial charge in [0.1, 0.15) is 11.4 Å². The van der Waals surface area contributed by atoms with Gasteiger partial charge < -0.3 is 10.4 Å². The number of amides is 1. The van der Waals surface area contributed by atoms with Crippen LogP contribution in [0.1, 0.15) is 20.7 Å². The number of rotatable bonds is 4. The maximum Gasteiger partial charge on any atom is 0.339 e. The predicted octanol–water partition coefficient (Wildman–Crippen LogP) is 3.41. The van der Waals surface area contributed by atoms with E-state index in [-0.39, 0.29) is 22.0 Å². The Morgan fingerprint density at radius 2 is 2.05 bits per heavy atom. The van der Waals surface area contributed by atoms with Crippen LogP contribution in [-0.2, 0) is 0 Å². The number of hydrogen-bond acceptors (Lipinski definition) is 4. The molecule has 5 nitrogen and oxygen atoms in total. The van der Waals surface area contributed by atoms with Crippen LogP contribution in [0.5, 0.6) is 0 Å². The Kier molecular flexibility index (Phi) is 4.82. The van der Waals surface area contributed by atoms with Gasteiger partial charge in [0.2, 0.25) is 0 Å². The maximum absolute atomic E-state index is 12.2. The molecule has 1 amide bonds. The highest BCUT2D eigenvalue weighted by molar-refractivity contribution is 7.98. The van der Waals surface area contributed by atoms with Crippen LogP contribution in [0.15, 0.2) is 41.4 Å². The second kappa shape index (κ2) is 6.60. The van der Waals surface area contributed by atoms with E-state index < -0.39 is 11.9 Å². The minimum absolute atomic E-state index is 0.0133. The van der Waals surface area contributed by atoms with Crippen molar-refractivity contribution < 1.29 is 14.7 Å². The van der Waals surface area contributed by atoms with Gasteiger partial charge in [0.25, 0.3) is 5.91 Å². The molecule has 0 aliphatic rings. The number of carboxylic acid groups (broad SMARTS) is 1. The minimum Gasteiger partial charge on any atom is -0.478 e. The van der Waals surface area contributed by atoms with Crippen molar-refractivity contribution in [3.8, 4) is 0 Å². The zero-order chi connectivity index (χ0) is 15.4. The molecule has 7 heteroatoms. The summed E-state index contributed by atoms with van der Waals surface area (Å²) in [5, 5.41) is 11.8. The number of benzene rings is 1. The Morgan fingerprint density at radius 3 is 2.71 bits per heavy atom. The average Bonchev–Trinajstić information content (AvgIpc) is 2.48. The predicted molar refractivity (Wildman–Crippen MR) is 82.4 cm³/mol. The van der Waals surface area contributed by atoms with Gasteiger partial charge in [-0.05, 0) is 36.6 Å². The first-order valence-electron chi connectivity index (χ1n) is 5.86. The Balaban J connectivity index is 2.33. The van der Waals surface area contributed by atoms with Gasteiger partial charge in [-0.3, -0.25) is 4.79 Å². The monoisotopic (exact) mass is 322 g/mol. The molecular formula is C14H11ClN2O3S. The zero-order valence-electron chi connectivity index (χ0n) is 11.0. The molecule has 0 spiro atoms. The third kappa shape index (κ3) is 3.53. The first-order chi connectivity index (χ1) is 10.0. The largest absolute Gasteiger partial charge is 0.478 e. The molecular weight excluding hydrogens is 312 g/mol. The van der Waals surface area contributed by atoms with E-state index in [4.69, 9.17) is 16.7 Å². The Morgan fingerprint density at radius 1 is 1.29 bits per heavy atom. The van der Waals surface area contributed by atoms with Gasteiger partial charge in [-0.15, -0.1) is 11.8 Å². The van der Waals surface area contributed by atoms with Crippen molar-refractivity contribution in [2.75, 3.05) is 11.6 Å². The van der Waals surface area contributed by atoms with Gasteiger partial charge in [-0.25, -0.2) is 9.78 Å². The number of thioether (sulfide) groups is 1. The van der Waals surface area contributed by atoms with Gasteiger partial charge in [0.05, 0.1) is 10.6 Å². The fourth-order valence-electron chi connectivity index (χ4n) is 1.66. The Hall–Kier alpha value is -2.05. The number of carboxylic acids is 1. The number of pyridine rings is 1. The molecule has 0 saturated carbocycles. The van der Waals surface area contributed by atoms with Gasteiger partial charge in [-0.2, -0.15) is 0 Å². The standard InChI is InChI=1S/C14H11ClN2O3S/c1-21-8-4-5-11(15)10(7-8)13(18)17-12-9(14(19)20)3-2-6-16-12/h2-7H,1H3,(H,19,20)(H,16,17,18). The Bertz CT molecular complexity index is 706. The van der Waals surface area contributed by atoms with Crippen molar-refractivity contribution in [3.63, 3.8) is 0 Å². The Labute approximate surface area is 130 Å². The van der Waals surface area contributed by atoms with E-state index in [9.17, 15) is 9.59 Å². The molecule has 0 fully saturated rings. The molecule has 2 rings (SSSR count). The lowest BCUT2D eigenvalue weighted by molar-refractivity contribution is 0.0697. The molecule has 1 heterocycles. The second-order valence-electron chi connectivity index (χ2n) is 4.00. The molecule has 0 atom stereocenters. The lowest BCUT2D eigenvalue weighted by atomic mass is 10.2. The van der Waals surface area contributed by atoms with Crippen molar-refractivity contribution in [1.82, 2.24) is 4.98 Å². The summed E-state index contributed by atoms with van der Waals surface area (Å²) >= 11 is 7.48. The SMILES string of the molecule is CSc1ccc(Cl)c(C(=O)Nc2ncccc2C(=O)O)c1. The molecule has 0 aliphatic carbocycles. The van der Waals surface area contributed by atoms with Crippen LogP contribution in [0.4, 0.5) is 5.82 Å². The van der Waals surface area contributed by atoms with E-state index in [1.807, 2.05) is 6.26 Å². The number of hydrogen-bond donors (Lipinski definition) is 2. The molecule has 0 unspecified atom stereocenters. The lowest BCUT2D eigenvalue weighted by Crippen LogP contribution is -2.16. The fourth-order valence-corrected chi connectivity index (χ4v) is 2.30. The number of carbonyl (C=O) groups is 2. The molecule has 21 heavy (non-hydrogen) atoms. The summed E-state index contributed by atoms with van der Waals surface area (Å²) in [4.78, 5) is 28.1. The minimum atomic E-state index is -1.16. The highest BCUT2D eigenvalue weighted by atomic mass is 35.5. The second-order valence-corrected chi connectivity index (χ2v) is 5.29. The molecule has 0 bridgehead atoms. The van der Waals surface area contributed by atoms with Crippen LogP contribution in [0.3, 0.4) is 0 Å². The fraction of sp³-hybridized carbons (Fsp3) is 0.0714. The van der Waals surface area contributed by atoms with E-state index in [1.165, 1.54) is 30.1 Å². The van der Waals surface area contributed by atoms with Gasteiger partial charge >= 0.3 is 5.97 Å². The molecule has 0 aliphatic heterocycles. The number of halogens is 1.